The number of rotatable bonds is 3. The standard InChI is InChI=1S/C8H17NO4S/c1-7-3-9(14(12,13)4-7)8(2,5-10)6-11/h7,10-11H,3-6H2,1-2H3. The Balaban J connectivity index is 2.98. The van der Waals surface area contributed by atoms with Crippen LogP contribution < -0.4 is 0 Å². The van der Waals surface area contributed by atoms with Crippen LogP contribution in [0.3, 0.4) is 0 Å². The van der Waals surface area contributed by atoms with Crippen LogP contribution in [0.2, 0.25) is 0 Å². The molecular weight excluding hydrogens is 206 g/mol. The molecular formula is C8H17NO4S. The van der Waals surface area contributed by atoms with Crippen LogP contribution in [0.25, 0.3) is 0 Å². The second-order valence-corrected chi connectivity index (χ2v) is 6.17. The first kappa shape index (κ1) is 11.9. The van der Waals surface area contributed by atoms with E-state index in [1.54, 1.807) is 6.92 Å². The molecule has 0 saturated carbocycles. The Kier molecular flexibility index (Phi) is 3.20. The molecule has 1 atom stereocenters. The van der Waals surface area contributed by atoms with E-state index >= 15 is 0 Å². The van der Waals surface area contributed by atoms with Gasteiger partial charge < -0.3 is 10.2 Å². The highest BCUT2D eigenvalue weighted by atomic mass is 32.2. The predicted molar refractivity (Wildman–Crippen MR) is 52.2 cm³/mol. The molecule has 1 rings (SSSR count). The highest BCUT2D eigenvalue weighted by molar-refractivity contribution is 7.89. The lowest BCUT2D eigenvalue weighted by Crippen LogP contribution is -2.52. The number of sulfonamides is 1. The first-order valence-corrected chi connectivity index (χ1v) is 6.19. The van der Waals surface area contributed by atoms with Crippen LogP contribution in [0.15, 0.2) is 0 Å². The lowest BCUT2D eigenvalue weighted by Gasteiger charge is -2.34. The molecule has 0 bridgehead atoms. The molecule has 0 aromatic heterocycles. The highest BCUT2D eigenvalue weighted by Crippen LogP contribution is 2.27. The zero-order chi connectivity index (χ0) is 11.0. The van der Waals surface area contributed by atoms with E-state index in [0.29, 0.717) is 6.54 Å². The Labute approximate surface area is 84.4 Å². The fourth-order valence-electron chi connectivity index (χ4n) is 1.66. The van der Waals surface area contributed by atoms with Gasteiger partial charge in [0.2, 0.25) is 10.0 Å². The summed E-state index contributed by atoms with van der Waals surface area (Å²) in [6.45, 7) is 3.03. The minimum atomic E-state index is -3.30. The SMILES string of the molecule is CC1CN(C(C)(CO)CO)S(=O)(=O)C1. The van der Waals surface area contributed by atoms with Crippen molar-refractivity contribution in [2.45, 2.75) is 19.4 Å². The van der Waals surface area contributed by atoms with Crippen LogP contribution in [0.4, 0.5) is 0 Å². The van der Waals surface area contributed by atoms with E-state index in [1.807, 2.05) is 6.92 Å². The Hall–Kier alpha value is -0.170. The van der Waals surface area contributed by atoms with Crippen LogP contribution >= 0.6 is 0 Å². The summed E-state index contributed by atoms with van der Waals surface area (Å²) in [5.74, 6) is 0.153. The van der Waals surface area contributed by atoms with Gasteiger partial charge in [0.25, 0.3) is 0 Å². The van der Waals surface area contributed by atoms with Gasteiger partial charge >= 0.3 is 0 Å². The van der Waals surface area contributed by atoms with E-state index in [2.05, 4.69) is 0 Å². The average Bonchev–Trinajstić information content (AvgIpc) is 2.39. The zero-order valence-corrected chi connectivity index (χ0v) is 9.29. The molecule has 2 N–H and O–H groups in total. The van der Waals surface area contributed by atoms with Gasteiger partial charge in [0, 0.05) is 6.54 Å². The molecule has 6 heteroatoms. The molecule has 1 saturated heterocycles. The molecule has 0 aromatic carbocycles. The van der Waals surface area contributed by atoms with E-state index in [-0.39, 0.29) is 24.9 Å². The average molecular weight is 223 g/mol. The molecule has 5 nitrogen and oxygen atoms in total. The number of hydrogen-bond acceptors (Lipinski definition) is 4. The molecule has 1 aliphatic rings. The quantitative estimate of drug-likeness (QED) is 0.644. The van der Waals surface area contributed by atoms with E-state index in [1.165, 1.54) is 4.31 Å². The summed E-state index contributed by atoms with van der Waals surface area (Å²) in [4.78, 5) is 0. The summed E-state index contributed by atoms with van der Waals surface area (Å²) >= 11 is 0. The minimum Gasteiger partial charge on any atom is -0.394 e. The van der Waals surface area contributed by atoms with Crippen molar-refractivity contribution >= 4 is 10.0 Å². The molecule has 14 heavy (non-hydrogen) atoms. The number of aliphatic hydroxyl groups is 2. The van der Waals surface area contributed by atoms with Gasteiger partial charge in [-0.2, -0.15) is 4.31 Å². The molecule has 0 spiro atoms. The smallest absolute Gasteiger partial charge is 0.215 e. The second kappa shape index (κ2) is 3.77. The van der Waals surface area contributed by atoms with E-state index in [4.69, 9.17) is 10.2 Å². The summed E-state index contributed by atoms with van der Waals surface area (Å²) in [6, 6.07) is 0. The van der Waals surface area contributed by atoms with Crippen molar-refractivity contribution in [2.75, 3.05) is 25.5 Å². The molecule has 1 fully saturated rings. The van der Waals surface area contributed by atoms with Crippen molar-refractivity contribution in [2.24, 2.45) is 5.92 Å². The van der Waals surface area contributed by atoms with Gasteiger partial charge in [-0.1, -0.05) is 6.92 Å². The van der Waals surface area contributed by atoms with Crippen molar-refractivity contribution < 1.29 is 18.6 Å². The maximum atomic E-state index is 11.6. The monoisotopic (exact) mass is 223 g/mol. The molecule has 84 valence electrons. The Morgan fingerprint density at radius 2 is 1.93 bits per heavy atom. The number of nitrogens with zero attached hydrogens (tertiary/aromatic N) is 1. The van der Waals surface area contributed by atoms with Crippen LogP contribution in [-0.2, 0) is 10.0 Å². The lowest BCUT2D eigenvalue weighted by molar-refractivity contribution is 0.0501. The van der Waals surface area contributed by atoms with E-state index in [9.17, 15) is 8.42 Å². The minimum absolute atomic E-state index is 0.0532. The molecule has 0 amide bonds. The third-order valence-electron chi connectivity index (χ3n) is 2.59. The van der Waals surface area contributed by atoms with Gasteiger partial charge in [0.1, 0.15) is 0 Å². The molecule has 0 radical (unpaired) electrons. The molecule has 1 heterocycles. The van der Waals surface area contributed by atoms with Gasteiger partial charge in [-0.05, 0) is 12.8 Å². The van der Waals surface area contributed by atoms with Crippen LogP contribution in [-0.4, -0.2) is 54.0 Å². The summed E-state index contributed by atoms with van der Waals surface area (Å²) in [5, 5.41) is 18.2. The van der Waals surface area contributed by atoms with Crippen molar-refractivity contribution in [1.82, 2.24) is 4.31 Å². The maximum absolute atomic E-state index is 11.6. The first-order valence-electron chi connectivity index (χ1n) is 4.58. The van der Waals surface area contributed by atoms with Gasteiger partial charge in [0.05, 0.1) is 24.5 Å². The first-order chi connectivity index (χ1) is 6.35. The van der Waals surface area contributed by atoms with Gasteiger partial charge in [0.15, 0.2) is 0 Å². The van der Waals surface area contributed by atoms with Crippen molar-refractivity contribution in [1.29, 1.82) is 0 Å². The second-order valence-electron chi connectivity index (χ2n) is 4.23. The summed E-state index contributed by atoms with van der Waals surface area (Å²) < 4.78 is 24.5. The third-order valence-corrected chi connectivity index (χ3v) is 4.84. The Morgan fingerprint density at radius 1 is 1.43 bits per heavy atom. The van der Waals surface area contributed by atoms with Crippen LogP contribution in [0, 0.1) is 5.92 Å². The number of aliphatic hydroxyl groups excluding tert-OH is 2. The van der Waals surface area contributed by atoms with Crippen molar-refractivity contribution in [3.63, 3.8) is 0 Å². The Morgan fingerprint density at radius 3 is 2.21 bits per heavy atom. The molecule has 1 aliphatic heterocycles. The normalized spacial score (nSPS) is 28.1. The molecule has 0 aromatic rings. The van der Waals surface area contributed by atoms with Crippen LogP contribution in [0.1, 0.15) is 13.8 Å². The van der Waals surface area contributed by atoms with Gasteiger partial charge in [-0.25, -0.2) is 8.42 Å². The Bertz CT molecular complexity index is 296. The highest BCUT2D eigenvalue weighted by Gasteiger charge is 2.44. The molecule has 1 unspecified atom stereocenters. The van der Waals surface area contributed by atoms with Gasteiger partial charge in [-0.15, -0.1) is 0 Å². The molecule has 0 aliphatic carbocycles. The van der Waals surface area contributed by atoms with E-state index < -0.39 is 15.6 Å². The lowest BCUT2D eigenvalue weighted by atomic mass is 10.0. The van der Waals surface area contributed by atoms with Gasteiger partial charge in [-0.3, -0.25) is 0 Å². The summed E-state index contributed by atoms with van der Waals surface area (Å²) in [7, 11) is -3.30. The third kappa shape index (κ3) is 1.93. The zero-order valence-electron chi connectivity index (χ0n) is 8.47. The fraction of sp³-hybridized carbons (Fsp3) is 1.00. The summed E-state index contributed by atoms with van der Waals surface area (Å²) in [5.41, 5.74) is -1.07. The topological polar surface area (TPSA) is 77.8 Å². The van der Waals surface area contributed by atoms with Crippen molar-refractivity contribution in [3.05, 3.63) is 0 Å². The predicted octanol–water partition coefficient (Wildman–Crippen LogP) is -0.989. The maximum Gasteiger partial charge on any atom is 0.215 e. The van der Waals surface area contributed by atoms with Crippen LogP contribution in [0.5, 0.6) is 0 Å². The number of hydrogen-bond donors (Lipinski definition) is 2. The van der Waals surface area contributed by atoms with E-state index in [0.717, 1.165) is 0 Å². The van der Waals surface area contributed by atoms with Crippen molar-refractivity contribution in [3.8, 4) is 0 Å². The fourth-order valence-corrected chi connectivity index (χ4v) is 3.94. The summed E-state index contributed by atoms with van der Waals surface area (Å²) in [6.07, 6.45) is 0. The largest absolute Gasteiger partial charge is 0.394 e.